The van der Waals surface area contributed by atoms with Crippen LogP contribution in [0.25, 0.3) is 0 Å². The van der Waals surface area contributed by atoms with Gasteiger partial charge in [-0.25, -0.2) is 0 Å². The van der Waals surface area contributed by atoms with Crippen molar-refractivity contribution in [3.63, 3.8) is 0 Å². The highest BCUT2D eigenvalue weighted by Gasteiger charge is 2.21. The van der Waals surface area contributed by atoms with Crippen LogP contribution >= 0.6 is 0 Å². The highest BCUT2D eigenvalue weighted by atomic mass is 16.7. The first-order valence-corrected chi connectivity index (χ1v) is 9.12. The summed E-state index contributed by atoms with van der Waals surface area (Å²) in [6.45, 7) is 6.01. The van der Waals surface area contributed by atoms with E-state index in [2.05, 4.69) is 10.6 Å². The average Bonchev–Trinajstić information content (AvgIpc) is 3.12. The summed E-state index contributed by atoms with van der Waals surface area (Å²) in [4.78, 5) is 26.6. The van der Waals surface area contributed by atoms with Crippen molar-refractivity contribution in [1.82, 2.24) is 4.90 Å². The number of nitrogens with one attached hydrogen (secondary N) is 2. The normalized spacial score (nSPS) is 13.3. The molecule has 0 saturated heterocycles. The van der Waals surface area contributed by atoms with Crippen LogP contribution in [0.3, 0.4) is 0 Å². The molecule has 3 rings (SSSR count). The topological polar surface area (TPSA) is 79.9 Å². The smallest absolute Gasteiger partial charge is 0.241 e. The Bertz CT molecular complexity index is 897. The molecule has 0 aliphatic carbocycles. The van der Waals surface area contributed by atoms with Gasteiger partial charge in [-0.1, -0.05) is 12.1 Å². The summed E-state index contributed by atoms with van der Waals surface area (Å²) < 4.78 is 10.6. The van der Waals surface area contributed by atoms with E-state index in [0.29, 0.717) is 17.2 Å². The molecule has 0 spiro atoms. The number of ether oxygens (including phenoxy) is 2. The van der Waals surface area contributed by atoms with Crippen LogP contribution < -0.4 is 20.1 Å². The fourth-order valence-electron chi connectivity index (χ4n) is 2.86. The van der Waals surface area contributed by atoms with Gasteiger partial charge in [-0.2, -0.15) is 0 Å². The minimum absolute atomic E-state index is 0.100. The van der Waals surface area contributed by atoms with E-state index in [1.54, 1.807) is 37.1 Å². The van der Waals surface area contributed by atoms with E-state index >= 15 is 0 Å². The number of carbonyl (C=O) groups excluding carboxylic acids is 2. The van der Waals surface area contributed by atoms with Gasteiger partial charge in [0.1, 0.15) is 0 Å². The number of rotatable bonds is 6. The van der Waals surface area contributed by atoms with Crippen LogP contribution in [-0.2, 0) is 9.59 Å². The van der Waals surface area contributed by atoms with Gasteiger partial charge in [-0.15, -0.1) is 0 Å². The SMILES string of the molecule is Cc1cccc(NC(=O)CN(C)[C@@H](C)C(=O)Nc2ccc3c(c2)OCO3)c1C. The van der Waals surface area contributed by atoms with Gasteiger partial charge >= 0.3 is 0 Å². The number of benzene rings is 2. The molecule has 1 aliphatic heterocycles. The molecule has 0 saturated carbocycles. The third-order valence-corrected chi connectivity index (χ3v) is 4.95. The molecule has 7 nitrogen and oxygen atoms in total. The molecule has 0 unspecified atom stereocenters. The Labute approximate surface area is 164 Å². The third kappa shape index (κ3) is 4.43. The minimum atomic E-state index is -0.491. The van der Waals surface area contributed by atoms with Gasteiger partial charge in [0.2, 0.25) is 18.6 Å². The Kier molecular flexibility index (Phi) is 5.84. The molecule has 1 atom stereocenters. The second-order valence-electron chi connectivity index (χ2n) is 6.94. The second-order valence-corrected chi connectivity index (χ2v) is 6.94. The number of nitrogens with zero attached hydrogens (tertiary/aromatic N) is 1. The molecule has 2 aromatic rings. The highest BCUT2D eigenvalue weighted by Crippen LogP contribution is 2.34. The summed E-state index contributed by atoms with van der Waals surface area (Å²) >= 11 is 0. The van der Waals surface area contributed by atoms with Crippen molar-refractivity contribution in [2.24, 2.45) is 0 Å². The number of hydrogen-bond donors (Lipinski definition) is 2. The minimum Gasteiger partial charge on any atom is -0.454 e. The van der Waals surface area contributed by atoms with E-state index in [4.69, 9.17) is 9.47 Å². The molecule has 148 valence electrons. The Morgan fingerprint density at radius 3 is 2.64 bits per heavy atom. The zero-order chi connectivity index (χ0) is 20.3. The zero-order valence-electron chi connectivity index (χ0n) is 16.5. The lowest BCUT2D eigenvalue weighted by Crippen LogP contribution is -2.43. The maximum absolute atomic E-state index is 12.5. The molecule has 7 heteroatoms. The van der Waals surface area contributed by atoms with Crippen LogP contribution in [0.15, 0.2) is 36.4 Å². The first-order valence-electron chi connectivity index (χ1n) is 9.12. The van der Waals surface area contributed by atoms with Crippen LogP contribution in [0.5, 0.6) is 11.5 Å². The Hall–Kier alpha value is -3.06. The standard InChI is InChI=1S/C21H25N3O4/c1-13-6-5-7-17(14(13)2)23-20(25)11-24(4)15(3)21(26)22-16-8-9-18-19(10-16)28-12-27-18/h5-10,15H,11-12H2,1-4H3,(H,22,26)(H,23,25)/t15-/m0/s1. The lowest BCUT2D eigenvalue weighted by atomic mass is 10.1. The van der Waals surface area contributed by atoms with Crippen molar-refractivity contribution >= 4 is 23.2 Å². The summed E-state index contributed by atoms with van der Waals surface area (Å²) in [6.07, 6.45) is 0. The van der Waals surface area contributed by atoms with Crippen molar-refractivity contribution in [1.29, 1.82) is 0 Å². The molecule has 2 N–H and O–H groups in total. The second kappa shape index (κ2) is 8.31. The van der Waals surface area contributed by atoms with Gasteiger partial charge in [-0.05, 0) is 57.1 Å². The van der Waals surface area contributed by atoms with Crippen LogP contribution in [0.2, 0.25) is 0 Å². The van der Waals surface area contributed by atoms with Crippen molar-refractivity contribution in [3.05, 3.63) is 47.5 Å². The van der Waals surface area contributed by atoms with E-state index in [-0.39, 0.29) is 25.2 Å². The number of aryl methyl sites for hydroxylation is 1. The van der Waals surface area contributed by atoms with Crippen molar-refractivity contribution in [3.8, 4) is 11.5 Å². The fourth-order valence-corrected chi connectivity index (χ4v) is 2.86. The number of hydrogen-bond acceptors (Lipinski definition) is 5. The largest absolute Gasteiger partial charge is 0.454 e. The average molecular weight is 383 g/mol. The molecule has 28 heavy (non-hydrogen) atoms. The van der Waals surface area contributed by atoms with Crippen molar-refractivity contribution < 1.29 is 19.1 Å². The van der Waals surface area contributed by atoms with Gasteiger partial charge < -0.3 is 20.1 Å². The number of fused-ring (bicyclic) bond motifs is 1. The van der Waals surface area contributed by atoms with Crippen molar-refractivity contribution in [2.45, 2.75) is 26.8 Å². The van der Waals surface area contributed by atoms with E-state index in [9.17, 15) is 9.59 Å². The molecule has 2 amide bonds. The fraction of sp³-hybridized carbons (Fsp3) is 0.333. The predicted molar refractivity (Wildman–Crippen MR) is 108 cm³/mol. The number of likely N-dealkylation sites (N-methyl/N-ethyl adjacent to an activating group) is 1. The Morgan fingerprint density at radius 1 is 1.11 bits per heavy atom. The number of anilines is 2. The summed E-state index contributed by atoms with van der Waals surface area (Å²) in [5.41, 5.74) is 3.56. The summed E-state index contributed by atoms with van der Waals surface area (Å²) in [5, 5.41) is 5.75. The Balaban J connectivity index is 1.55. The monoisotopic (exact) mass is 383 g/mol. The van der Waals surface area contributed by atoms with Gasteiger partial charge in [0, 0.05) is 17.4 Å². The van der Waals surface area contributed by atoms with E-state index in [1.807, 2.05) is 32.0 Å². The van der Waals surface area contributed by atoms with Gasteiger partial charge in [-0.3, -0.25) is 14.5 Å². The van der Waals surface area contributed by atoms with E-state index < -0.39 is 6.04 Å². The molecular weight excluding hydrogens is 358 g/mol. The van der Waals surface area contributed by atoms with Crippen molar-refractivity contribution in [2.75, 3.05) is 31.0 Å². The number of carbonyl (C=O) groups is 2. The highest BCUT2D eigenvalue weighted by molar-refractivity contribution is 5.96. The van der Waals surface area contributed by atoms with Gasteiger partial charge in [0.15, 0.2) is 11.5 Å². The zero-order valence-corrected chi connectivity index (χ0v) is 16.5. The first-order chi connectivity index (χ1) is 13.3. The summed E-state index contributed by atoms with van der Waals surface area (Å²) in [6, 6.07) is 10.5. The maximum Gasteiger partial charge on any atom is 0.241 e. The molecule has 0 bridgehead atoms. The lowest BCUT2D eigenvalue weighted by Gasteiger charge is -2.23. The third-order valence-electron chi connectivity index (χ3n) is 4.95. The van der Waals surface area contributed by atoms with Crippen LogP contribution in [-0.4, -0.2) is 43.1 Å². The molecule has 0 radical (unpaired) electrons. The molecule has 0 fully saturated rings. The molecule has 1 heterocycles. The predicted octanol–water partition coefficient (Wildman–Crippen LogP) is 2.93. The van der Waals surface area contributed by atoms with E-state index in [1.165, 1.54) is 0 Å². The van der Waals surface area contributed by atoms with Gasteiger partial charge in [0.25, 0.3) is 0 Å². The molecule has 0 aromatic heterocycles. The van der Waals surface area contributed by atoms with Gasteiger partial charge in [0.05, 0.1) is 12.6 Å². The lowest BCUT2D eigenvalue weighted by molar-refractivity contribution is -0.122. The Morgan fingerprint density at radius 2 is 1.86 bits per heavy atom. The molecular formula is C21H25N3O4. The maximum atomic E-state index is 12.5. The van der Waals surface area contributed by atoms with Crippen LogP contribution in [0.1, 0.15) is 18.1 Å². The van der Waals surface area contributed by atoms with E-state index in [0.717, 1.165) is 16.8 Å². The summed E-state index contributed by atoms with van der Waals surface area (Å²) in [7, 11) is 1.74. The summed E-state index contributed by atoms with van der Waals surface area (Å²) in [5.74, 6) is 0.887. The first kappa shape index (κ1) is 19.7. The van der Waals surface area contributed by atoms with Crippen LogP contribution in [0.4, 0.5) is 11.4 Å². The number of amides is 2. The van der Waals surface area contributed by atoms with Crippen LogP contribution in [0, 0.1) is 13.8 Å². The molecule has 1 aliphatic rings. The quantitative estimate of drug-likeness (QED) is 0.802. The molecule has 2 aromatic carbocycles.